The van der Waals surface area contributed by atoms with E-state index in [-0.39, 0.29) is 5.91 Å². The molecule has 1 aromatic carbocycles. The summed E-state index contributed by atoms with van der Waals surface area (Å²) >= 11 is 0. The number of benzene rings is 1. The first-order valence-electron chi connectivity index (χ1n) is 8.85. The van der Waals surface area contributed by atoms with Crippen LogP contribution in [-0.2, 0) is 0 Å². The minimum atomic E-state index is 0.0575. The highest BCUT2D eigenvalue weighted by atomic mass is 16.5. The van der Waals surface area contributed by atoms with Crippen LogP contribution < -0.4 is 14.8 Å². The molecule has 6 nitrogen and oxygen atoms in total. The number of piperidine rings is 1. The summed E-state index contributed by atoms with van der Waals surface area (Å²) in [5.41, 5.74) is 1.46. The Morgan fingerprint density at radius 1 is 1.12 bits per heavy atom. The van der Waals surface area contributed by atoms with Crippen molar-refractivity contribution in [3.05, 3.63) is 42.1 Å². The minimum absolute atomic E-state index is 0.0575. The summed E-state index contributed by atoms with van der Waals surface area (Å²) in [5.74, 6) is 2.74. The fourth-order valence-corrected chi connectivity index (χ4v) is 3.05. The molecule has 0 spiro atoms. The third kappa shape index (κ3) is 4.07. The van der Waals surface area contributed by atoms with E-state index in [4.69, 9.17) is 9.47 Å². The topological polar surface area (TPSA) is 63.7 Å². The molecule has 2 heterocycles. The lowest BCUT2D eigenvalue weighted by atomic mass is 9.99. The maximum Gasteiger partial charge on any atom is 0.255 e. The van der Waals surface area contributed by atoms with Gasteiger partial charge < -0.3 is 19.7 Å². The number of carbonyl (C=O) groups is 1. The van der Waals surface area contributed by atoms with Crippen molar-refractivity contribution < 1.29 is 14.3 Å². The Morgan fingerprint density at radius 2 is 1.85 bits per heavy atom. The monoisotopic (exact) mass is 355 g/mol. The fraction of sp³-hybridized carbons (Fsp3) is 0.400. The highest BCUT2D eigenvalue weighted by Crippen LogP contribution is 2.30. The average molecular weight is 355 g/mol. The Bertz CT molecular complexity index is 753. The van der Waals surface area contributed by atoms with Gasteiger partial charge in [-0.1, -0.05) is 6.92 Å². The van der Waals surface area contributed by atoms with Crippen molar-refractivity contribution in [3.63, 3.8) is 0 Å². The van der Waals surface area contributed by atoms with Crippen LogP contribution in [0.3, 0.4) is 0 Å². The summed E-state index contributed by atoms with van der Waals surface area (Å²) in [6.45, 7) is 3.88. The molecule has 0 aliphatic carbocycles. The number of carbonyl (C=O) groups excluding carboxylic acids is 1. The van der Waals surface area contributed by atoms with Crippen molar-refractivity contribution in [1.82, 2.24) is 9.88 Å². The van der Waals surface area contributed by atoms with Gasteiger partial charge in [-0.3, -0.25) is 4.79 Å². The van der Waals surface area contributed by atoms with E-state index in [1.165, 1.54) is 0 Å². The highest BCUT2D eigenvalue weighted by molar-refractivity contribution is 5.94. The van der Waals surface area contributed by atoms with Crippen LogP contribution in [0.5, 0.6) is 11.5 Å². The van der Waals surface area contributed by atoms with Crippen molar-refractivity contribution in [2.75, 3.05) is 32.6 Å². The molecular formula is C20H25N3O3. The van der Waals surface area contributed by atoms with Gasteiger partial charge in [0.2, 0.25) is 0 Å². The Morgan fingerprint density at radius 3 is 2.46 bits per heavy atom. The summed E-state index contributed by atoms with van der Waals surface area (Å²) in [5, 5.41) is 3.21. The van der Waals surface area contributed by atoms with E-state index >= 15 is 0 Å². The normalized spacial score (nSPS) is 14.8. The predicted molar refractivity (Wildman–Crippen MR) is 101 cm³/mol. The van der Waals surface area contributed by atoms with Crippen LogP contribution in [0.25, 0.3) is 0 Å². The number of aromatic nitrogens is 1. The largest absolute Gasteiger partial charge is 0.493 e. The van der Waals surface area contributed by atoms with Gasteiger partial charge in [-0.15, -0.1) is 0 Å². The molecule has 1 saturated heterocycles. The maximum atomic E-state index is 12.6. The summed E-state index contributed by atoms with van der Waals surface area (Å²) < 4.78 is 10.5. The van der Waals surface area contributed by atoms with Crippen LogP contribution in [0, 0.1) is 5.92 Å². The lowest BCUT2D eigenvalue weighted by Gasteiger charge is -2.30. The fourth-order valence-electron chi connectivity index (χ4n) is 3.05. The van der Waals surface area contributed by atoms with Crippen molar-refractivity contribution >= 4 is 17.4 Å². The molecule has 1 aliphatic heterocycles. The number of rotatable bonds is 5. The lowest BCUT2D eigenvalue weighted by molar-refractivity contribution is 0.0697. The number of pyridine rings is 1. The smallest absolute Gasteiger partial charge is 0.255 e. The van der Waals surface area contributed by atoms with E-state index in [2.05, 4.69) is 17.2 Å². The Kier molecular flexibility index (Phi) is 5.61. The molecular weight excluding hydrogens is 330 g/mol. The van der Waals surface area contributed by atoms with Gasteiger partial charge in [0.05, 0.1) is 19.8 Å². The lowest BCUT2D eigenvalue weighted by Crippen LogP contribution is -2.37. The second-order valence-corrected chi connectivity index (χ2v) is 6.60. The second kappa shape index (κ2) is 8.08. The van der Waals surface area contributed by atoms with Crippen LogP contribution in [0.4, 0.5) is 11.5 Å². The summed E-state index contributed by atoms with van der Waals surface area (Å²) in [6.07, 6.45) is 3.76. The molecule has 2 aromatic rings. The zero-order valence-corrected chi connectivity index (χ0v) is 15.5. The molecule has 6 heteroatoms. The highest BCUT2D eigenvalue weighted by Gasteiger charge is 2.21. The van der Waals surface area contributed by atoms with Crippen LogP contribution in [0.2, 0.25) is 0 Å². The molecule has 3 rings (SSSR count). The van der Waals surface area contributed by atoms with Gasteiger partial charge in [-0.05, 0) is 43.0 Å². The molecule has 26 heavy (non-hydrogen) atoms. The number of nitrogens with one attached hydrogen (secondary N) is 1. The van der Waals surface area contributed by atoms with Gasteiger partial charge >= 0.3 is 0 Å². The number of nitrogens with zero attached hydrogens (tertiary/aromatic N) is 2. The first-order chi connectivity index (χ1) is 12.6. The van der Waals surface area contributed by atoms with Crippen LogP contribution >= 0.6 is 0 Å². The predicted octanol–water partition coefficient (Wildman–Crippen LogP) is 3.71. The van der Waals surface area contributed by atoms with E-state index < -0.39 is 0 Å². The summed E-state index contributed by atoms with van der Waals surface area (Å²) in [4.78, 5) is 18.9. The number of ether oxygens (including phenoxy) is 2. The Hall–Kier alpha value is -2.76. The number of likely N-dealkylation sites (tertiary alicyclic amines) is 1. The first kappa shape index (κ1) is 18.0. The molecule has 0 saturated carbocycles. The van der Waals surface area contributed by atoms with Gasteiger partial charge in [0, 0.05) is 31.0 Å². The molecule has 1 fully saturated rings. The molecule has 0 bridgehead atoms. The van der Waals surface area contributed by atoms with Gasteiger partial charge in [0.1, 0.15) is 5.82 Å². The zero-order chi connectivity index (χ0) is 18.5. The van der Waals surface area contributed by atoms with Crippen molar-refractivity contribution in [3.8, 4) is 11.5 Å². The third-order valence-electron chi connectivity index (χ3n) is 4.74. The van der Waals surface area contributed by atoms with Gasteiger partial charge in [-0.25, -0.2) is 4.98 Å². The SMILES string of the molecule is COc1ccc(Nc2ccc(C(=O)N3CCC(C)CC3)cn2)cc1OC. The van der Waals surface area contributed by atoms with Crippen molar-refractivity contribution in [2.24, 2.45) is 5.92 Å². The zero-order valence-electron chi connectivity index (χ0n) is 15.5. The molecule has 0 radical (unpaired) electrons. The molecule has 1 N–H and O–H groups in total. The van der Waals surface area contributed by atoms with E-state index in [0.29, 0.717) is 28.8 Å². The standard InChI is InChI=1S/C20H25N3O3/c1-14-8-10-23(11-9-14)20(24)15-4-7-19(21-13-15)22-16-5-6-17(25-2)18(12-16)26-3/h4-7,12-14H,8-11H2,1-3H3,(H,21,22). The van der Waals surface area contributed by atoms with Crippen LogP contribution in [-0.4, -0.2) is 43.1 Å². The van der Waals surface area contributed by atoms with Crippen LogP contribution in [0.1, 0.15) is 30.1 Å². The van der Waals surface area contributed by atoms with Gasteiger partial charge in [0.15, 0.2) is 11.5 Å². The quantitative estimate of drug-likeness (QED) is 0.886. The number of hydrogen-bond donors (Lipinski definition) is 1. The molecule has 1 amide bonds. The maximum absolute atomic E-state index is 12.6. The Labute approximate surface area is 154 Å². The van der Waals surface area contributed by atoms with E-state index in [1.54, 1.807) is 20.4 Å². The number of anilines is 2. The van der Waals surface area contributed by atoms with Gasteiger partial charge in [0.25, 0.3) is 5.91 Å². The molecule has 0 atom stereocenters. The number of hydrogen-bond acceptors (Lipinski definition) is 5. The minimum Gasteiger partial charge on any atom is -0.493 e. The molecule has 0 unspecified atom stereocenters. The average Bonchev–Trinajstić information content (AvgIpc) is 2.68. The second-order valence-electron chi connectivity index (χ2n) is 6.60. The van der Waals surface area contributed by atoms with Crippen molar-refractivity contribution in [1.29, 1.82) is 0 Å². The molecule has 138 valence electrons. The van der Waals surface area contributed by atoms with Gasteiger partial charge in [-0.2, -0.15) is 0 Å². The first-order valence-corrected chi connectivity index (χ1v) is 8.85. The van der Waals surface area contributed by atoms with E-state index in [0.717, 1.165) is 31.6 Å². The molecule has 1 aliphatic rings. The summed E-state index contributed by atoms with van der Waals surface area (Å²) in [6, 6.07) is 9.19. The van der Waals surface area contributed by atoms with Crippen LogP contribution in [0.15, 0.2) is 36.5 Å². The Balaban J connectivity index is 1.67. The van der Waals surface area contributed by atoms with Crippen molar-refractivity contribution in [2.45, 2.75) is 19.8 Å². The van der Waals surface area contributed by atoms with E-state index in [1.807, 2.05) is 35.2 Å². The third-order valence-corrected chi connectivity index (χ3v) is 4.74. The van der Waals surface area contributed by atoms with E-state index in [9.17, 15) is 4.79 Å². The molecule has 1 aromatic heterocycles. The number of amides is 1. The summed E-state index contributed by atoms with van der Waals surface area (Å²) in [7, 11) is 3.20. The number of methoxy groups -OCH3 is 2.